The minimum absolute atomic E-state index is 0.00817. The maximum absolute atomic E-state index is 12.8. The summed E-state index contributed by atoms with van der Waals surface area (Å²) in [5.41, 5.74) is 0. The number of esters is 2. The van der Waals surface area contributed by atoms with E-state index in [0.717, 1.165) is 12.8 Å². The largest absolute Gasteiger partial charge is 0.465 e. The lowest BCUT2D eigenvalue weighted by molar-refractivity contribution is -0.164. The number of allylic oxidation sites excluding steroid dienone is 2. The molecule has 0 N–H and O–H groups in total. The second-order valence-corrected chi connectivity index (χ2v) is 9.12. The average molecular weight is 409 g/mol. The highest BCUT2D eigenvalue weighted by Crippen LogP contribution is 2.33. The molecule has 0 fully saturated rings. The molecule has 0 heterocycles. The van der Waals surface area contributed by atoms with Crippen molar-refractivity contribution in [1.29, 1.82) is 0 Å². The van der Waals surface area contributed by atoms with Crippen LogP contribution in [0.15, 0.2) is 12.2 Å². The van der Waals surface area contributed by atoms with Gasteiger partial charge in [-0.1, -0.05) is 85.3 Å². The molecule has 0 aromatic rings. The second-order valence-electron chi connectivity index (χ2n) is 9.12. The Hall–Kier alpha value is -1.32. The van der Waals surface area contributed by atoms with Crippen LogP contribution in [0.5, 0.6) is 0 Å². The van der Waals surface area contributed by atoms with Gasteiger partial charge in [-0.3, -0.25) is 9.59 Å². The van der Waals surface area contributed by atoms with Crippen LogP contribution in [-0.2, 0) is 19.1 Å². The van der Waals surface area contributed by atoms with Gasteiger partial charge in [0.1, 0.15) is 0 Å². The van der Waals surface area contributed by atoms with Crippen LogP contribution in [0.3, 0.4) is 0 Å². The summed E-state index contributed by atoms with van der Waals surface area (Å²) in [5, 5.41) is 0. The quantitative estimate of drug-likeness (QED) is 0.191. The van der Waals surface area contributed by atoms with E-state index in [0.29, 0.717) is 31.5 Å². The van der Waals surface area contributed by atoms with Crippen molar-refractivity contribution in [2.75, 3.05) is 13.2 Å². The van der Waals surface area contributed by atoms with E-state index in [1.165, 1.54) is 38.5 Å². The molecule has 5 atom stereocenters. The molecule has 0 aromatic heterocycles. The van der Waals surface area contributed by atoms with Crippen LogP contribution in [0.1, 0.15) is 92.4 Å². The predicted octanol–water partition coefficient (Wildman–Crippen LogP) is 6.33. The lowest BCUT2D eigenvalue weighted by Gasteiger charge is -2.30. The molecule has 0 amide bonds. The Kier molecular flexibility index (Phi) is 13.0. The van der Waals surface area contributed by atoms with Crippen molar-refractivity contribution in [3.8, 4) is 0 Å². The number of carbonyl (C=O) groups excluding carboxylic acids is 2. The van der Waals surface area contributed by atoms with Gasteiger partial charge in [0, 0.05) is 0 Å². The van der Waals surface area contributed by atoms with E-state index in [2.05, 4.69) is 27.7 Å². The first-order valence-electron chi connectivity index (χ1n) is 11.9. The normalized spacial score (nSPS) is 23.4. The first-order chi connectivity index (χ1) is 13.9. The summed E-state index contributed by atoms with van der Waals surface area (Å²) >= 11 is 0. The molecule has 0 radical (unpaired) electrons. The maximum atomic E-state index is 12.8. The van der Waals surface area contributed by atoms with Crippen molar-refractivity contribution in [1.82, 2.24) is 0 Å². The van der Waals surface area contributed by atoms with E-state index in [1.54, 1.807) is 0 Å². The fourth-order valence-corrected chi connectivity index (χ4v) is 4.00. The third kappa shape index (κ3) is 9.82. The van der Waals surface area contributed by atoms with E-state index >= 15 is 0 Å². The number of unbranched alkanes of at least 4 members (excludes halogenated alkanes) is 4. The van der Waals surface area contributed by atoms with Gasteiger partial charge in [0.05, 0.1) is 25.0 Å². The molecule has 1 aliphatic carbocycles. The molecule has 168 valence electrons. The van der Waals surface area contributed by atoms with Crippen molar-refractivity contribution in [3.05, 3.63) is 12.2 Å². The zero-order chi connectivity index (χ0) is 21.6. The zero-order valence-corrected chi connectivity index (χ0v) is 19.5. The molecule has 0 saturated heterocycles. The fourth-order valence-electron chi connectivity index (χ4n) is 4.00. The van der Waals surface area contributed by atoms with E-state index in [4.69, 9.17) is 9.47 Å². The minimum atomic E-state index is -0.439. The summed E-state index contributed by atoms with van der Waals surface area (Å²) in [6, 6.07) is 0. The van der Waals surface area contributed by atoms with E-state index in [9.17, 15) is 9.59 Å². The highest BCUT2D eigenvalue weighted by Gasteiger charge is 2.40. The third-order valence-electron chi connectivity index (χ3n) is 6.03. The predicted molar refractivity (Wildman–Crippen MR) is 118 cm³/mol. The number of carbonyl (C=O) groups is 2. The van der Waals surface area contributed by atoms with Gasteiger partial charge in [-0.05, 0) is 37.0 Å². The van der Waals surface area contributed by atoms with E-state index in [-0.39, 0.29) is 17.9 Å². The van der Waals surface area contributed by atoms with Gasteiger partial charge in [0.25, 0.3) is 0 Å². The first-order valence-corrected chi connectivity index (χ1v) is 11.9. The smallest absolute Gasteiger partial charge is 0.310 e. The molecular formula is C25H44O4. The molecule has 0 bridgehead atoms. The monoisotopic (exact) mass is 408 g/mol. The molecule has 5 unspecified atom stereocenters. The summed E-state index contributed by atoms with van der Waals surface area (Å²) in [6.07, 6.45) is 13.9. The highest BCUT2D eigenvalue weighted by atomic mass is 16.5. The summed E-state index contributed by atoms with van der Waals surface area (Å²) < 4.78 is 11.2. The zero-order valence-electron chi connectivity index (χ0n) is 19.5. The molecular weight excluding hydrogens is 364 g/mol. The summed E-state index contributed by atoms with van der Waals surface area (Å²) in [7, 11) is 0. The first kappa shape index (κ1) is 25.7. The summed E-state index contributed by atoms with van der Waals surface area (Å²) in [4.78, 5) is 25.5. The summed E-state index contributed by atoms with van der Waals surface area (Å²) in [6.45, 7) is 11.5. The third-order valence-corrected chi connectivity index (χ3v) is 6.03. The highest BCUT2D eigenvalue weighted by molar-refractivity contribution is 5.83. The van der Waals surface area contributed by atoms with Gasteiger partial charge in [-0.25, -0.2) is 0 Å². The lowest BCUT2D eigenvalue weighted by Crippen LogP contribution is -2.38. The van der Waals surface area contributed by atoms with Crippen LogP contribution in [0, 0.1) is 29.6 Å². The van der Waals surface area contributed by atoms with Crippen molar-refractivity contribution in [2.45, 2.75) is 92.4 Å². The van der Waals surface area contributed by atoms with Crippen LogP contribution in [0.25, 0.3) is 0 Å². The molecule has 0 saturated carbocycles. The van der Waals surface area contributed by atoms with Crippen molar-refractivity contribution < 1.29 is 19.1 Å². The second kappa shape index (κ2) is 14.6. The van der Waals surface area contributed by atoms with Crippen LogP contribution in [-0.4, -0.2) is 25.2 Å². The van der Waals surface area contributed by atoms with Gasteiger partial charge in [-0.2, -0.15) is 0 Å². The average Bonchev–Trinajstić information content (AvgIpc) is 2.70. The van der Waals surface area contributed by atoms with Crippen LogP contribution >= 0.6 is 0 Å². The Labute approximate surface area is 178 Å². The Bertz CT molecular complexity index is 499. The van der Waals surface area contributed by atoms with Crippen LogP contribution < -0.4 is 0 Å². The Morgan fingerprint density at radius 1 is 0.897 bits per heavy atom. The Morgan fingerprint density at radius 2 is 1.41 bits per heavy atom. The Balaban J connectivity index is 2.54. The minimum Gasteiger partial charge on any atom is -0.465 e. The Morgan fingerprint density at radius 3 is 1.93 bits per heavy atom. The van der Waals surface area contributed by atoms with Gasteiger partial charge in [-0.15, -0.1) is 0 Å². The van der Waals surface area contributed by atoms with Gasteiger partial charge in [0.2, 0.25) is 0 Å². The van der Waals surface area contributed by atoms with E-state index in [1.807, 2.05) is 19.1 Å². The van der Waals surface area contributed by atoms with Crippen molar-refractivity contribution in [2.24, 2.45) is 29.6 Å². The SMILES string of the molecule is CCCCCC(C)COC(=O)C1CC=CC(C)C1C(=O)OCC(C)CCCCC. The molecule has 4 heteroatoms. The standard InChI is InChI=1S/C25H44O4/c1-6-8-10-13-19(3)17-28-24(26)22-16-12-15-21(5)23(22)25(27)29-18-20(4)14-11-9-7-2/h12,15,19-23H,6-11,13-14,16-18H2,1-5H3. The van der Waals surface area contributed by atoms with Crippen molar-refractivity contribution in [3.63, 3.8) is 0 Å². The molecule has 4 nitrogen and oxygen atoms in total. The van der Waals surface area contributed by atoms with Gasteiger partial charge < -0.3 is 9.47 Å². The summed E-state index contributed by atoms with van der Waals surface area (Å²) in [5.74, 6) is -0.660. The molecule has 0 aliphatic heterocycles. The number of hydrogen-bond acceptors (Lipinski definition) is 4. The molecule has 1 aliphatic rings. The van der Waals surface area contributed by atoms with Gasteiger partial charge in [0.15, 0.2) is 0 Å². The van der Waals surface area contributed by atoms with E-state index < -0.39 is 11.8 Å². The number of ether oxygens (including phenoxy) is 2. The van der Waals surface area contributed by atoms with Crippen molar-refractivity contribution >= 4 is 11.9 Å². The molecule has 0 aromatic carbocycles. The van der Waals surface area contributed by atoms with Crippen LogP contribution in [0.2, 0.25) is 0 Å². The lowest BCUT2D eigenvalue weighted by atomic mass is 9.76. The number of hydrogen-bond donors (Lipinski definition) is 0. The fraction of sp³-hybridized carbons (Fsp3) is 0.840. The molecule has 29 heavy (non-hydrogen) atoms. The molecule has 0 spiro atoms. The molecule has 1 rings (SSSR count). The van der Waals surface area contributed by atoms with Gasteiger partial charge >= 0.3 is 11.9 Å². The van der Waals surface area contributed by atoms with Crippen LogP contribution in [0.4, 0.5) is 0 Å². The topological polar surface area (TPSA) is 52.6 Å². The number of rotatable bonds is 14. The maximum Gasteiger partial charge on any atom is 0.310 e.